The second kappa shape index (κ2) is 5.43. The third-order valence-electron chi connectivity index (χ3n) is 8.38. The first-order valence-electron chi connectivity index (χ1n) is 9.59. The number of thiol groups is 1. The van der Waals surface area contributed by atoms with Crippen LogP contribution in [0.3, 0.4) is 0 Å². The molecule has 0 saturated heterocycles. The summed E-state index contributed by atoms with van der Waals surface area (Å²) in [6.45, 7) is 12.7. The van der Waals surface area contributed by atoms with Gasteiger partial charge in [0.25, 0.3) is 0 Å². The van der Waals surface area contributed by atoms with Crippen LogP contribution in [0.2, 0.25) is 0 Å². The van der Waals surface area contributed by atoms with Crippen molar-refractivity contribution >= 4 is 24.2 Å². The van der Waals surface area contributed by atoms with Crippen LogP contribution in [-0.4, -0.2) is 17.7 Å². The fourth-order valence-corrected chi connectivity index (χ4v) is 7.16. The summed E-state index contributed by atoms with van der Waals surface area (Å²) in [4.78, 5) is 25.5. The maximum atomic E-state index is 14.4. The Labute approximate surface area is 160 Å². The minimum absolute atomic E-state index is 0.0441. The first-order valence-corrected chi connectivity index (χ1v) is 10.0. The SMILES string of the molecule is C=C1C2=C(S)C(=O)C=C(C)[C@]2(C)[C@H]2CC[C@]3(C)C(=O)[C@@H](F)C[C@H]3[C@@H]2[C@@H]1C. The van der Waals surface area contributed by atoms with Gasteiger partial charge in [-0.05, 0) is 67.1 Å². The molecular formula is C22H27FO2S. The first-order chi connectivity index (χ1) is 12.0. The Balaban J connectivity index is 1.89. The number of fused-ring (bicyclic) bond motifs is 5. The van der Waals surface area contributed by atoms with E-state index < -0.39 is 11.6 Å². The average Bonchev–Trinajstić information content (AvgIpc) is 2.81. The molecule has 3 fully saturated rings. The molecule has 0 unspecified atom stereocenters. The van der Waals surface area contributed by atoms with Crippen LogP contribution in [0.25, 0.3) is 0 Å². The van der Waals surface area contributed by atoms with Crippen LogP contribution in [0.5, 0.6) is 0 Å². The lowest BCUT2D eigenvalue weighted by atomic mass is 9.44. The lowest BCUT2D eigenvalue weighted by Gasteiger charge is -2.60. The topological polar surface area (TPSA) is 34.1 Å². The van der Waals surface area contributed by atoms with Crippen molar-refractivity contribution in [3.63, 3.8) is 0 Å². The molecule has 0 bridgehead atoms. The van der Waals surface area contributed by atoms with Gasteiger partial charge in [-0.1, -0.05) is 32.9 Å². The molecule has 0 radical (unpaired) electrons. The number of alkyl halides is 1. The Morgan fingerprint density at radius 3 is 2.58 bits per heavy atom. The number of hydrogen-bond acceptors (Lipinski definition) is 3. The molecule has 0 spiro atoms. The van der Waals surface area contributed by atoms with Crippen molar-refractivity contribution in [2.75, 3.05) is 0 Å². The van der Waals surface area contributed by atoms with Gasteiger partial charge in [0.15, 0.2) is 17.7 Å². The number of halogens is 1. The molecule has 0 aromatic rings. The van der Waals surface area contributed by atoms with Crippen LogP contribution in [-0.2, 0) is 9.59 Å². The molecule has 4 aliphatic carbocycles. The largest absolute Gasteiger partial charge is 0.296 e. The standard InChI is InChI=1S/C22H27FO2S/c1-10-8-16(24)19(26)18-12(3)11(2)17-13(22(10,18)5)6-7-21(4)14(17)9-15(23)20(21)25/h8,11,13-15,17,26H,3,6-7,9H2,1-2,4-5H3/t11-,13+,14+,15+,17-,21+,22-/m1/s1. The van der Waals surface area contributed by atoms with Gasteiger partial charge in [0, 0.05) is 10.8 Å². The van der Waals surface area contributed by atoms with E-state index in [0.717, 1.165) is 29.6 Å². The molecule has 0 N–H and O–H groups in total. The number of allylic oxidation sites excluding steroid dienone is 5. The molecule has 3 saturated carbocycles. The minimum atomic E-state index is -1.33. The number of Topliss-reactive ketones (excluding diaryl/α,β-unsaturated/α-hetero) is 1. The zero-order valence-electron chi connectivity index (χ0n) is 15.9. The van der Waals surface area contributed by atoms with Crippen molar-refractivity contribution in [1.29, 1.82) is 0 Å². The molecule has 0 heterocycles. The van der Waals surface area contributed by atoms with E-state index in [0.29, 0.717) is 11.3 Å². The predicted octanol–water partition coefficient (Wildman–Crippen LogP) is 4.87. The third-order valence-corrected chi connectivity index (χ3v) is 8.82. The van der Waals surface area contributed by atoms with Gasteiger partial charge in [-0.25, -0.2) is 4.39 Å². The Morgan fingerprint density at radius 2 is 1.92 bits per heavy atom. The summed E-state index contributed by atoms with van der Waals surface area (Å²) in [6.07, 6.45) is 2.30. The van der Waals surface area contributed by atoms with Crippen LogP contribution in [0.4, 0.5) is 4.39 Å². The molecule has 140 valence electrons. The van der Waals surface area contributed by atoms with Crippen LogP contribution in [0, 0.1) is 34.5 Å². The normalized spacial score (nSPS) is 48.2. The van der Waals surface area contributed by atoms with E-state index in [4.69, 9.17) is 0 Å². The summed E-state index contributed by atoms with van der Waals surface area (Å²) in [5.41, 5.74) is 2.10. The van der Waals surface area contributed by atoms with Crippen molar-refractivity contribution in [2.45, 2.75) is 53.1 Å². The molecule has 0 amide bonds. The quantitative estimate of drug-likeness (QED) is 0.614. The Hall–Kier alpha value is -1.16. The maximum Gasteiger partial charge on any atom is 0.192 e. The summed E-state index contributed by atoms with van der Waals surface area (Å²) in [6, 6.07) is 0. The highest BCUT2D eigenvalue weighted by Gasteiger charge is 2.64. The van der Waals surface area contributed by atoms with E-state index in [9.17, 15) is 14.0 Å². The van der Waals surface area contributed by atoms with Crippen molar-refractivity contribution in [3.8, 4) is 0 Å². The van der Waals surface area contributed by atoms with Gasteiger partial charge in [-0.3, -0.25) is 9.59 Å². The molecule has 4 rings (SSSR count). The van der Waals surface area contributed by atoms with Gasteiger partial charge in [-0.2, -0.15) is 0 Å². The van der Waals surface area contributed by atoms with Gasteiger partial charge in [0.05, 0.1) is 4.91 Å². The Morgan fingerprint density at radius 1 is 1.27 bits per heavy atom. The van der Waals surface area contributed by atoms with Crippen molar-refractivity contribution < 1.29 is 14.0 Å². The summed E-state index contributed by atoms with van der Waals surface area (Å²) in [7, 11) is 0. The second-order valence-electron chi connectivity index (χ2n) is 9.25. The zero-order valence-corrected chi connectivity index (χ0v) is 16.8. The molecule has 4 aliphatic rings. The molecular weight excluding hydrogens is 347 g/mol. The molecule has 0 aromatic carbocycles. The number of ketones is 2. The van der Waals surface area contributed by atoms with E-state index in [1.54, 1.807) is 6.08 Å². The number of carbonyl (C=O) groups is 2. The minimum Gasteiger partial charge on any atom is -0.296 e. The van der Waals surface area contributed by atoms with Crippen molar-refractivity contribution in [3.05, 3.63) is 34.3 Å². The van der Waals surface area contributed by atoms with Crippen molar-refractivity contribution in [1.82, 2.24) is 0 Å². The van der Waals surface area contributed by atoms with E-state index >= 15 is 0 Å². The zero-order chi connectivity index (χ0) is 19.2. The first kappa shape index (κ1) is 18.2. The molecule has 26 heavy (non-hydrogen) atoms. The number of carbonyl (C=O) groups excluding carboxylic acids is 2. The Kier molecular flexibility index (Phi) is 3.81. The van der Waals surface area contributed by atoms with Crippen molar-refractivity contribution in [2.24, 2.45) is 34.5 Å². The summed E-state index contributed by atoms with van der Waals surface area (Å²) >= 11 is 4.56. The number of hydrogen-bond donors (Lipinski definition) is 1. The van der Waals surface area contributed by atoms with Gasteiger partial charge in [0.2, 0.25) is 0 Å². The van der Waals surface area contributed by atoms with Crippen LogP contribution in [0.1, 0.15) is 47.0 Å². The summed E-state index contributed by atoms with van der Waals surface area (Å²) in [5.74, 6) is 0.393. The average molecular weight is 375 g/mol. The van der Waals surface area contributed by atoms with Gasteiger partial charge in [0.1, 0.15) is 0 Å². The fourth-order valence-electron chi connectivity index (χ4n) is 6.72. The summed E-state index contributed by atoms with van der Waals surface area (Å²) in [5, 5.41) is 0. The van der Waals surface area contributed by atoms with E-state index in [1.807, 2.05) is 13.8 Å². The second-order valence-corrected chi connectivity index (χ2v) is 9.69. The Bertz CT molecular complexity index is 809. The summed E-state index contributed by atoms with van der Waals surface area (Å²) < 4.78 is 14.4. The van der Waals surface area contributed by atoms with E-state index in [1.165, 1.54) is 0 Å². The maximum absolute atomic E-state index is 14.4. The molecule has 2 nitrogen and oxygen atoms in total. The van der Waals surface area contributed by atoms with Crippen LogP contribution < -0.4 is 0 Å². The smallest absolute Gasteiger partial charge is 0.192 e. The van der Waals surface area contributed by atoms with Crippen LogP contribution in [0.15, 0.2) is 34.3 Å². The molecule has 0 aliphatic heterocycles. The lowest BCUT2D eigenvalue weighted by molar-refractivity contribution is -0.135. The van der Waals surface area contributed by atoms with Gasteiger partial charge in [-0.15, -0.1) is 12.6 Å². The lowest BCUT2D eigenvalue weighted by Crippen LogP contribution is -2.54. The fraction of sp³-hybridized carbons (Fsp3) is 0.636. The highest BCUT2D eigenvalue weighted by molar-refractivity contribution is 7.85. The molecule has 0 aromatic heterocycles. The predicted molar refractivity (Wildman–Crippen MR) is 104 cm³/mol. The highest BCUT2D eigenvalue weighted by atomic mass is 32.1. The van der Waals surface area contributed by atoms with E-state index in [-0.39, 0.29) is 40.7 Å². The van der Waals surface area contributed by atoms with Crippen LogP contribution >= 0.6 is 12.6 Å². The molecule has 4 heteroatoms. The van der Waals surface area contributed by atoms with Gasteiger partial charge < -0.3 is 0 Å². The third kappa shape index (κ3) is 1.95. The van der Waals surface area contributed by atoms with E-state index in [2.05, 4.69) is 33.1 Å². The molecule has 7 atom stereocenters. The monoisotopic (exact) mass is 374 g/mol. The highest BCUT2D eigenvalue weighted by Crippen LogP contribution is 2.68. The number of rotatable bonds is 0. The van der Waals surface area contributed by atoms with Gasteiger partial charge >= 0.3 is 0 Å².